The molecular formula is C17H21FN4O2. The van der Waals surface area contributed by atoms with Gasteiger partial charge in [-0.25, -0.2) is 4.39 Å². The van der Waals surface area contributed by atoms with Crippen molar-refractivity contribution in [3.63, 3.8) is 0 Å². The topological polar surface area (TPSA) is 59.4 Å². The molecule has 0 bridgehead atoms. The van der Waals surface area contributed by atoms with Crippen LogP contribution < -0.4 is 10.1 Å². The van der Waals surface area contributed by atoms with E-state index in [1.165, 1.54) is 12.1 Å². The minimum atomic E-state index is -0.267. The van der Waals surface area contributed by atoms with E-state index in [2.05, 4.69) is 15.3 Å². The minimum absolute atomic E-state index is 0.0408. The van der Waals surface area contributed by atoms with Crippen LogP contribution in [-0.4, -0.2) is 46.3 Å². The molecule has 128 valence electrons. The summed E-state index contributed by atoms with van der Waals surface area (Å²) in [6.45, 7) is 1.96. The lowest BCUT2D eigenvalue weighted by Gasteiger charge is -2.31. The lowest BCUT2D eigenvalue weighted by Crippen LogP contribution is -2.42. The van der Waals surface area contributed by atoms with Gasteiger partial charge in [0.05, 0.1) is 18.4 Å². The van der Waals surface area contributed by atoms with E-state index >= 15 is 0 Å². The van der Waals surface area contributed by atoms with Crippen molar-refractivity contribution in [1.29, 1.82) is 0 Å². The van der Waals surface area contributed by atoms with E-state index in [4.69, 9.17) is 4.74 Å². The van der Waals surface area contributed by atoms with Crippen molar-refractivity contribution in [2.45, 2.75) is 18.9 Å². The Kier molecular flexibility index (Phi) is 5.10. The summed E-state index contributed by atoms with van der Waals surface area (Å²) in [4.78, 5) is 14.1. The van der Waals surface area contributed by atoms with E-state index in [0.717, 1.165) is 25.9 Å². The summed E-state index contributed by atoms with van der Waals surface area (Å²) in [5, 5.41) is 6.86. The number of likely N-dealkylation sites (tertiary alicyclic amines) is 1. The van der Waals surface area contributed by atoms with Crippen LogP contribution in [0.3, 0.4) is 0 Å². The Morgan fingerprint density at radius 3 is 2.67 bits per heavy atom. The van der Waals surface area contributed by atoms with Crippen LogP contribution in [0.4, 0.5) is 10.1 Å². The standard InChI is InChI=1S/C17H21FN4O2/c1-21-11-14(10-19-21)20-17(23)12-22-8-6-16(7-9-22)24-15-4-2-13(18)3-5-15/h2-5,10-11,16H,6-9,12H2,1H3,(H,20,23). The van der Waals surface area contributed by atoms with Gasteiger partial charge in [0.25, 0.3) is 0 Å². The molecule has 1 aliphatic rings. The lowest BCUT2D eigenvalue weighted by molar-refractivity contribution is -0.117. The number of carbonyl (C=O) groups is 1. The van der Waals surface area contributed by atoms with Gasteiger partial charge >= 0.3 is 0 Å². The van der Waals surface area contributed by atoms with Gasteiger partial charge in [-0.15, -0.1) is 0 Å². The predicted molar refractivity (Wildman–Crippen MR) is 88.3 cm³/mol. The van der Waals surface area contributed by atoms with Gasteiger partial charge in [-0.05, 0) is 37.1 Å². The normalized spacial score (nSPS) is 16.1. The van der Waals surface area contributed by atoms with Crippen LogP contribution >= 0.6 is 0 Å². The molecule has 1 aliphatic heterocycles. The number of aromatic nitrogens is 2. The Morgan fingerprint density at radius 2 is 2.04 bits per heavy atom. The van der Waals surface area contributed by atoms with Crippen molar-refractivity contribution in [1.82, 2.24) is 14.7 Å². The molecule has 1 saturated heterocycles. The molecular weight excluding hydrogens is 311 g/mol. The van der Waals surface area contributed by atoms with Gasteiger partial charge < -0.3 is 10.1 Å². The number of rotatable bonds is 5. The zero-order valence-electron chi connectivity index (χ0n) is 13.6. The van der Waals surface area contributed by atoms with Crippen LogP contribution in [0.1, 0.15) is 12.8 Å². The Hall–Kier alpha value is -2.41. The number of carbonyl (C=O) groups excluding carboxylic acids is 1. The summed E-state index contributed by atoms with van der Waals surface area (Å²) < 4.78 is 20.4. The SMILES string of the molecule is Cn1cc(NC(=O)CN2CCC(Oc3ccc(F)cc3)CC2)cn1. The van der Waals surface area contributed by atoms with Crippen LogP contribution in [0.2, 0.25) is 0 Å². The molecule has 1 N–H and O–H groups in total. The summed E-state index contributed by atoms with van der Waals surface area (Å²) >= 11 is 0. The van der Waals surface area contributed by atoms with E-state index in [9.17, 15) is 9.18 Å². The summed E-state index contributed by atoms with van der Waals surface area (Å²) in [6, 6.07) is 6.08. The van der Waals surface area contributed by atoms with Crippen LogP contribution in [0.5, 0.6) is 5.75 Å². The molecule has 24 heavy (non-hydrogen) atoms. The molecule has 2 heterocycles. The summed E-state index contributed by atoms with van der Waals surface area (Å²) in [5.41, 5.74) is 0.706. The third-order valence-corrected chi connectivity index (χ3v) is 4.01. The van der Waals surface area contributed by atoms with Gasteiger partial charge in [0.2, 0.25) is 5.91 Å². The third-order valence-electron chi connectivity index (χ3n) is 4.01. The fourth-order valence-corrected chi connectivity index (χ4v) is 2.78. The van der Waals surface area contributed by atoms with E-state index < -0.39 is 0 Å². The van der Waals surface area contributed by atoms with Crippen LogP contribution in [0.15, 0.2) is 36.7 Å². The number of anilines is 1. The molecule has 1 amide bonds. The highest BCUT2D eigenvalue weighted by Gasteiger charge is 2.22. The Labute approximate surface area is 140 Å². The van der Waals surface area contributed by atoms with Gasteiger partial charge in [-0.2, -0.15) is 5.10 Å². The number of aryl methyl sites for hydroxylation is 1. The van der Waals surface area contributed by atoms with Crippen molar-refractivity contribution in [2.75, 3.05) is 25.0 Å². The van der Waals surface area contributed by atoms with Crippen molar-refractivity contribution in [3.8, 4) is 5.75 Å². The number of nitrogens with zero attached hydrogens (tertiary/aromatic N) is 3. The number of piperidine rings is 1. The van der Waals surface area contributed by atoms with Gasteiger partial charge in [0.1, 0.15) is 17.7 Å². The summed E-state index contributed by atoms with van der Waals surface area (Å²) in [7, 11) is 1.81. The molecule has 3 rings (SSSR count). The smallest absolute Gasteiger partial charge is 0.238 e. The molecule has 0 spiro atoms. The average Bonchev–Trinajstić information content (AvgIpc) is 2.96. The first-order chi connectivity index (χ1) is 11.6. The Morgan fingerprint density at radius 1 is 1.33 bits per heavy atom. The van der Waals surface area contributed by atoms with Gasteiger partial charge in [-0.1, -0.05) is 0 Å². The van der Waals surface area contributed by atoms with Crippen molar-refractivity contribution >= 4 is 11.6 Å². The molecule has 0 aliphatic carbocycles. The van der Waals surface area contributed by atoms with Crippen LogP contribution in [0.25, 0.3) is 0 Å². The predicted octanol–water partition coefficient (Wildman–Crippen LogP) is 2.04. The molecule has 0 saturated carbocycles. The molecule has 1 fully saturated rings. The highest BCUT2D eigenvalue weighted by Crippen LogP contribution is 2.19. The number of nitrogens with one attached hydrogen (secondary N) is 1. The first kappa shape index (κ1) is 16.4. The largest absolute Gasteiger partial charge is 0.490 e. The van der Waals surface area contributed by atoms with Crippen molar-refractivity contribution in [3.05, 3.63) is 42.5 Å². The zero-order chi connectivity index (χ0) is 16.9. The van der Waals surface area contributed by atoms with Crippen molar-refractivity contribution < 1.29 is 13.9 Å². The molecule has 1 aromatic heterocycles. The quantitative estimate of drug-likeness (QED) is 0.910. The number of benzene rings is 1. The lowest BCUT2D eigenvalue weighted by atomic mass is 10.1. The highest BCUT2D eigenvalue weighted by molar-refractivity contribution is 5.91. The third kappa shape index (κ3) is 4.55. The highest BCUT2D eigenvalue weighted by atomic mass is 19.1. The Bertz CT molecular complexity index is 678. The maximum Gasteiger partial charge on any atom is 0.238 e. The molecule has 0 atom stereocenters. The fourth-order valence-electron chi connectivity index (χ4n) is 2.78. The van der Waals surface area contributed by atoms with E-state index in [1.807, 2.05) is 7.05 Å². The molecule has 0 radical (unpaired) electrons. The van der Waals surface area contributed by atoms with Crippen LogP contribution in [0, 0.1) is 5.82 Å². The molecule has 6 nitrogen and oxygen atoms in total. The first-order valence-electron chi connectivity index (χ1n) is 8.01. The fraction of sp³-hybridized carbons (Fsp3) is 0.412. The van der Waals surface area contributed by atoms with Gasteiger partial charge in [0.15, 0.2) is 0 Å². The van der Waals surface area contributed by atoms with Gasteiger partial charge in [0, 0.05) is 26.3 Å². The number of hydrogen-bond donors (Lipinski definition) is 1. The summed E-state index contributed by atoms with van der Waals surface area (Å²) in [6.07, 6.45) is 5.18. The second-order valence-corrected chi connectivity index (χ2v) is 6.00. The zero-order valence-corrected chi connectivity index (χ0v) is 13.6. The first-order valence-corrected chi connectivity index (χ1v) is 8.01. The number of hydrogen-bond acceptors (Lipinski definition) is 4. The number of ether oxygens (including phenoxy) is 1. The maximum atomic E-state index is 12.9. The maximum absolute atomic E-state index is 12.9. The summed E-state index contributed by atoms with van der Waals surface area (Å²) in [5.74, 6) is 0.377. The van der Waals surface area contributed by atoms with E-state index in [-0.39, 0.29) is 17.8 Å². The Balaban J connectivity index is 1.41. The molecule has 0 unspecified atom stereocenters. The second kappa shape index (κ2) is 7.44. The van der Waals surface area contributed by atoms with E-state index in [1.54, 1.807) is 29.2 Å². The minimum Gasteiger partial charge on any atom is -0.490 e. The number of halogens is 1. The molecule has 7 heteroatoms. The molecule has 1 aromatic carbocycles. The van der Waals surface area contributed by atoms with Crippen LogP contribution in [-0.2, 0) is 11.8 Å². The molecule has 2 aromatic rings. The monoisotopic (exact) mass is 332 g/mol. The second-order valence-electron chi connectivity index (χ2n) is 6.00. The van der Waals surface area contributed by atoms with Crippen molar-refractivity contribution in [2.24, 2.45) is 7.05 Å². The van der Waals surface area contributed by atoms with Gasteiger partial charge in [-0.3, -0.25) is 14.4 Å². The van der Waals surface area contributed by atoms with E-state index in [0.29, 0.717) is 18.0 Å². The average molecular weight is 332 g/mol. The number of amides is 1.